The Kier molecular flexibility index (Phi) is 4.90. The number of halogens is 2. The largest absolute Gasteiger partial charge is 0.323 e. The maximum Gasteiger partial charge on any atom is 0.241 e. The molecule has 2 aromatic rings. The van der Waals surface area contributed by atoms with E-state index < -0.39 is 0 Å². The number of carbonyl (C=O) groups is 1. The minimum atomic E-state index is -0.321. The molecule has 3 rings (SSSR count). The lowest BCUT2D eigenvalue weighted by Crippen LogP contribution is -2.39. The van der Waals surface area contributed by atoms with E-state index in [1.807, 2.05) is 13.0 Å². The van der Waals surface area contributed by atoms with E-state index in [0.717, 1.165) is 12.8 Å². The van der Waals surface area contributed by atoms with Crippen LogP contribution in [0.2, 0.25) is 10.0 Å². The zero-order valence-corrected chi connectivity index (χ0v) is 14.3. The van der Waals surface area contributed by atoms with Crippen LogP contribution in [0.4, 0.5) is 5.69 Å². The van der Waals surface area contributed by atoms with Crippen LogP contribution in [0.25, 0.3) is 0 Å². The van der Waals surface area contributed by atoms with E-state index in [1.165, 1.54) is 11.1 Å². The molecule has 2 aromatic carbocycles. The molecule has 0 aliphatic heterocycles. The minimum absolute atomic E-state index is 0.112. The van der Waals surface area contributed by atoms with Crippen LogP contribution in [0.3, 0.4) is 0 Å². The first-order valence-electron chi connectivity index (χ1n) is 7.64. The molecule has 2 atom stereocenters. The highest BCUT2D eigenvalue weighted by Crippen LogP contribution is 2.31. The van der Waals surface area contributed by atoms with Gasteiger partial charge in [-0.05, 0) is 49.1 Å². The molecule has 0 unspecified atom stereocenters. The minimum Gasteiger partial charge on any atom is -0.323 e. The van der Waals surface area contributed by atoms with Gasteiger partial charge in [0.2, 0.25) is 5.91 Å². The number of carbonyl (C=O) groups excluding carboxylic acids is 1. The van der Waals surface area contributed by atoms with Gasteiger partial charge in [0.15, 0.2) is 0 Å². The summed E-state index contributed by atoms with van der Waals surface area (Å²) < 4.78 is 0. The second-order valence-electron chi connectivity index (χ2n) is 5.79. The third kappa shape index (κ3) is 3.69. The maximum atomic E-state index is 12.4. The van der Waals surface area contributed by atoms with Crippen LogP contribution in [-0.4, -0.2) is 11.9 Å². The second-order valence-corrected chi connectivity index (χ2v) is 6.64. The summed E-state index contributed by atoms with van der Waals surface area (Å²) in [5.74, 6) is -0.112. The van der Waals surface area contributed by atoms with Crippen molar-refractivity contribution in [2.45, 2.75) is 31.8 Å². The van der Waals surface area contributed by atoms with Gasteiger partial charge in [-0.2, -0.15) is 0 Å². The van der Waals surface area contributed by atoms with Crippen molar-refractivity contribution in [3.63, 3.8) is 0 Å². The van der Waals surface area contributed by atoms with Gasteiger partial charge in [0.25, 0.3) is 0 Å². The van der Waals surface area contributed by atoms with Crippen LogP contribution in [-0.2, 0) is 11.2 Å². The molecule has 23 heavy (non-hydrogen) atoms. The molecule has 2 N–H and O–H groups in total. The lowest BCUT2D eigenvalue weighted by Gasteiger charge is -2.20. The smallest absolute Gasteiger partial charge is 0.241 e. The van der Waals surface area contributed by atoms with E-state index in [9.17, 15) is 4.79 Å². The standard InChI is InChI=1S/C18H18Cl2N2O/c1-11(18(23)22-17-9-7-13(19)10-15(17)20)21-16-8-6-12-4-2-3-5-14(12)16/h2-5,7,9-11,16,21H,6,8H2,1H3,(H,22,23)/t11-,16+/m0/s1. The quantitative estimate of drug-likeness (QED) is 0.847. The van der Waals surface area contributed by atoms with E-state index in [-0.39, 0.29) is 18.0 Å². The topological polar surface area (TPSA) is 41.1 Å². The van der Waals surface area contributed by atoms with Gasteiger partial charge < -0.3 is 5.32 Å². The molecule has 0 fully saturated rings. The fraction of sp³-hybridized carbons (Fsp3) is 0.278. The molecule has 0 heterocycles. The van der Waals surface area contributed by atoms with Crippen LogP contribution in [0.1, 0.15) is 30.5 Å². The molecule has 3 nitrogen and oxygen atoms in total. The van der Waals surface area contributed by atoms with Crippen molar-refractivity contribution >= 4 is 34.8 Å². The van der Waals surface area contributed by atoms with Crippen molar-refractivity contribution in [1.29, 1.82) is 0 Å². The van der Waals surface area contributed by atoms with Crippen LogP contribution < -0.4 is 10.6 Å². The van der Waals surface area contributed by atoms with Crippen molar-refractivity contribution in [3.8, 4) is 0 Å². The fourth-order valence-electron chi connectivity index (χ4n) is 2.94. The predicted molar refractivity (Wildman–Crippen MR) is 95.2 cm³/mol. The summed E-state index contributed by atoms with van der Waals surface area (Å²) in [6.07, 6.45) is 2.06. The summed E-state index contributed by atoms with van der Waals surface area (Å²) in [4.78, 5) is 12.4. The van der Waals surface area contributed by atoms with Crippen molar-refractivity contribution in [1.82, 2.24) is 5.32 Å². The zero-order chi connectivity index (χ0) is 16.4. The van der Waals surface area contributed by atoms with E-state index in [4.69, 9.17) is 23.2 Å². The Hall–Kier alpha value is -1.55. The Labute approximate surface area is 146 Å². The number of nitrogens with one attached hydrogen (secondary N) is 2. The average molecular weight is 349 g/mol. The van der Waals surface area contributed by atoms with Gasteiger partial charge in [0.05, 0.1) is 16.8 Å². The summed E-state index contributed by atoms with van der Waals surface area (Å²) >= 11 is 12.0. The molecule has 0 bridgehead atoms. The highest BCUT2D eigenvalue weighted by molar-refractivity contribution is 6.36. The first kappa shape index (κ1) is 16.3. The van der Waals surface area contributed by atoms with Gasteiger partial charge in [0.1, 0.15) is 0 Å². The molecule has 120 valence electrons. The van der Waals surface area contributed by atoms with Crippen molar-refractivity contribution in [3.05, 3.63) is 63.6 Å². The lowest BCUT2D eigenvalue weighted by atomic mass is 10.1. The number of hydrogen-bond donors (Lipinski definition) is 2. The van der Waals surface area contributed by atoms with Crippen molar-refractivity contribution < 1.29 is 4.79 Å². The third-order valence-corrected chi connectivity index (χ3v) is 4.71. The molecule has 1 aliphatic rings. The van der Waals surface area contributed by atoms with E-state index in [1.54, 1.807) is 18.2 Å². The third-order valence-electron chi connectivity index (χ3n) is 4.17. The first-order valence-corrected chi connectivity index (χ1v) is 8.40. The second kappa shape index (κ2) is 6.91. The Bertz CT molecular complexity index is 733. The van der Waals surface area contributed by atoms with E-state index in [2.05, 4.69) is 28.8 Å². The van der Waals surface area contributed by atoms with Gasteiger partial charge in [-0.3, -0.25) is 10.1 Å². The number of anilines is 1. The van der Waals surface area contributed by atoms with Crippen molar-refractivity contribution in [2.75, 3.05) is 5.32 Å². The van der Waals surface area contributed by atoms with Gasteiger partial charge in [-0.25, -0.2) is 0 Å². The normalized spacial score (nSPS) is 17.6. The summed E-state index contributed by atoms with van der Waals surface area (Å²) in [6.45, 7) is 1.86. The summed E-state index contributed by atoms with van der Waals surface area (Å²) in [5, 5.41) is 7.23. The van der Waals surface area contributed by atoms with Gasteiger partial charge in [0, 0.05) is 11.1 Å². The number of amides is 1. The summed E-state index contributed by atoms with van der Waals surface area (Å²) in [6, 6.07) is 13.3. The van der Waals surface area contributed by atoms with Gasteiger partial charge in [-0.1, -0.05) is 47.5 Å². The Morgan fingerprint density at radius 3 is 2.78 bits per heavy atom. The van der Waals surface area contributed by atoms with Crippen LogP contribution in [0.15, 0.2) is 42.5 Å². The van der Waals surface area contributed by atoms with Crippen molar-refractivity contribution in [2.24, 2.45) is 0 Å². The highest BCUT2D eigenvalue weighted by atomic mass is 35.5. The highest BCUT2D eigenvalue weighted by Gasteiger charge is 2.25. The molecule has 0 aromatic heterocycles. The van der Waals surface area contributed by atoms with E-state index >= 15 is 0 Å². The molecular formula is C18H18Cl2N2O. The molecule has 0 radical (unpaired) electrons. The van der Waals surface area contributed by atoms with Gasteiger partial charge in [-0.15, -0.1) is 0 Å². The maximum absolute atomic E-state index is 12.4. The summed E-state index contributed by atoms with van der Waals surface area (Å²) in [7, 11) is 0. The Morgan fingerprint density at radius 2 is 2.00 bits per heavy atom. The molecule has 0 spiro atoms. The molecule has 1 amide bonds. The van der Waals surface area contributed by atoms with Gasteiger partial charge >= 0.3 is 0 Å². The fourth-order valence-corrected chi connectivity index (χ4v) is 3.40. The number of fused-ring (bicyclic) bond motifs is 1. The Morgan fingerprint density at radius 1 is 1.22 bits per heavy atom. The van der Waals surface area contributed by atoms with Crippen LogP contribution >= 0.6 is 23.2 Å². The molecule has 1 aliphatic carbocycles. The predicted octanol–water partition coefficient (Wildman–Crippen LogP) is 4.60. The molecule has 0 saturated heterocycles. The Balaban J connectivity index is 1.64. The molecule has 0 saturated carbocycles. The number of benzene rings is 2. The monoisotopic (exact) mass is 348 g/mol. The number of hydrogen-bond acceptors (Lipinski definition) is 2. The lowest BCUT2D eigenvalue weighted by molar-refractivity contribution is -0.118. The molecular weight excluding hydrogens is 331 g/mol. The number of aryl methyl sites for hydroxylation is 1. The van der Waals surface area contributed by atoms with E-state index in [0.29, 0.717) is 15.7 Å². The van der Waals surface area contributed by atoms with Crippen LogP contribution in [0.5, 0.6) is 0 Å². The van der Waals surface area contributed by atoms with Crippen LogP contribution in [0, 0.1) is 0 Å². The number of rotatable bonds is 4. The SMILES string of the molecule is C[C@H](N[C@@H]1CCc2ccccc21)C(=O)Nc1ccc(Cl)cc1Cl. The molecule has 5 heteroatoms. The zero-order valence-electron chi connectivity index (χ0n) is 12.8. The summed E-state index contributed by atoms with van der Waals surface area (Å²) in [5.41, 5.74) is 3.22. The average Bonchev–Trinajstić information content (AvgIpc) is 2.93. The first-order chi connectivity index (χ1) is 11.0.